The molecule has 0 unspecified atom stereocenters. The van der Waals surface area contributed by atoms with Crippen LogP contribution in [0.1, 0.15) is 34.6 Å². The average Bonchev–Trinajstić information content (AvgIpc) is 2.56. The molecule has 0 spiro atoms. The highest BCUT2D eigenvalue weighted by molar-refractivity contribution is 14.1. The number of ether oxygens (including phenoxy) is 6. The maximum absolute atomic E-state index is 11.7. The van der Waals surface area contributed by atoms with Crippen LogP contribution in [0.4, 0.5) is 0 Å². The molecule has 11 nitrogen and oxygen atoms in total. The minimum Gasteiger partial charge on any atom is -0.459 e. The van der Waals surface area contributed by atoms with Crippen LogP contribution < -0.4 is 0 Å². The molecular formula is C17H23IO11. The fraction of sp³-hybridized carbons (Fsp3) is 0.706. The number of hydrogen-bond acceptors (Lipinski definition) is 11. The summed E-state index contributed by atoms with van der Waals surface area (Å²) < 4.78 is 31.9. The van der Waals surface area contributed by atoms with Crippen molar-refractivity contribution in [2.75, 3.05) is 4.43 Å². The fourth-order valence-corrected chi connectivity index (χ4v) is 3.44. The Morgan fingerprint density at radius 3 is 1.59 bits per heavy atom. The quantitative estimate of drug-likeness (QED) is 0.196. The molecule has 164 valence electrons. The van der Waals surface area contributed by atoms with Gasteiger partial charge in [0.05, 0.1) is 0 Å². The molecule has 6 atom stereocenters. The molecule has 1 aliphatic heterocycles. The molecule has 0 bridgehead atoms. The van der Waals surface area contributed by atoms with E-state index in [9.17, 15) is 24.0 Å². The van der Waals surface area contributed by atoms with Gasteiger partial charge in [-0.15, -0.1) is 0 Å². The molecule has 1 aliphatic rings. The Morgan fingerprint density at radius 1 is 0.724 bits per heavy atom. The second-order valence-corrected chi connectivity index (χ2v) is 6.98. The Balaban J connectivity index is 3.46. The van der Waals surface area contributed by atoms with Crippen molar-refractivity contribution in [2.24, 2.45) is 0 Å². The van der Waals surface area contributed by atoms with Crippen LogP contribution in [0.25, 0.3) is 0 Å². The summed E-state index contributed by atoms with van der Waals surface area (Å²) in [5.41, 5.74) is 0. The van der Waals surface area contributed by atoms with Gasteiger partial charge in [-0.1, -0.05) is 22.6 Å². The van der Waals surface area contributed by atoms with E-state index in [0.29, 0.717) is 0 Å². The van der Waals surface area contributed by atoms with Crippen molar-refractivity contribution in [3.8, 4) is 0 Å². The minimum atomic E-state index is -1.50. The van der Waals surface area contributed by atoms with E-state index in [1.54, 1.807) is 0 Å². The molecule has 1 saturated heterocycles. The summed E-state index contributed by atoms with van der Waals surface area (Å²) in [5, 5.41) is 0. The van der Waals surface area contributed by atoms with Crippen LogP contribution in [0.15, 0.2) is 0 Å². The highest BCUT2D eigenvalue weighted by Crippen LogP contribution is 2.32. The SMILES string of the molecule is CC(=O)O[C@@H]1O[C@H]([C@H](CI)OC(C)=O)[C@@H](OC(C)=O)[C@H](OC(C)=O)[C@H]1OC(C)=O. The maximum Gasteiger partial charge on any atom is 0.305 e. The van der Waals surface area contributed by atoms with Gasteiger partial charge in [0.15, 0.2) is 12.2 Å². The number of hydrogen-bond donors (Lipinski definition) is 0. The predicted octanol–water partition coefficient (Wildman–Crippen LogP) is 0.436. The van der Waals surface area contributed by atoms with E-state index < -0.39 is 66.7 Å². The van der Waals surface area contributed by atoms with Crippen LogP contribution in [0.3, 0.4) is 0 Å². The molecular weight excluding hydrogens is 507 g/mol. The first kappa shape index (κ1) is 25.1. The van der Waals surface area contributed by atoms with Crippen molar-refractivity contribution in [3.05, 3.63) is 0 Å². The fourth-order valence-electron chi connectivity index (χ4n) is 2.76. The molecule has 1 rings (SSSR count). The van der Waals surface area contributed by atoms with Gasteiger partial charge in [0.1, 0.15) is 12.2 Å². The van der Waals surface area contributed by atoms with E-state index in [0.717, 1.165) is 27.7 Å². The molecule has 29 heavy (non-hydrogen) atoms. The summed E-state index contributed by atoms with van der Waals surface area (Å²) in [5.74, 6) is -3.70. The summed E-state index contributed by atoms with van der Waals surface area (Å²) in [7, 11) is 0. The van der Waals surface area contributed by atoms with E-state index in [1.165, 1.54) is 6.92 Å². The topological polar surface area (TPSA) is 141 Å². The summed E-state index contributed by atoms with van der Waals surface area (Å²) in [6.45, 7) is 5.59. The van der Waals surface area contributed by atoms with Gasteiger partial charge in [0.2, 0.25) is 12.4 Å². The lowest BCUT2D eigenvalue weighted by molar-refractivity contribution is -0.306. The highest BCUT2D eigenvalue weighted by atomic mass is 127. The molecule has 1 fully saturated rings. The summed E-state index contributed by atoms with van der Waals surface area (Å²) >= 11 is 1.92. The molecule has 0 aliphatic carbocycles. The molecule has 0 radical (unpaired) electrons. The van der Waals surface area contributed by atoms with Crippen molar-refractivity contribution >= 4 is 52.4 Å². The molecule has 0 N–H and O–H groups in total. The van der Waals surface area contributed by atoms with Gasteiger partial charge in [-0.2, -0.15) is 0 Å². The predicted molar refractivity (Wildman–Crippen MR) is 102 cm³/mol. The van der Waals surface area contributed by atoms with Crippen molar-refractivity contribution in [3.63, 3.8) is 0 Å². The van der Waals surface area contributed by atoms with Gasteiger partial charge in [-0.25, -0.2) is 0 Å². The minimum absolute atomic E-state index is 0.206. The lowest BCUT2D eigenvalue weighted by Crippen LogP contribution is -2.65. The lowest BCUT2D eigenvalue weighted by Gasteiger charge is -2.45. The van der Waals surface area contributed by atoms with Crippen molar-refractivity contribution < 1.29 is 52.4 Å². The van der Waals surface area contributed by atoms with Gasteiger partial charge in [0, 0.05) is 39.0 Å². The van der Waals surface area contributed by atoms with Gasteiger partial charge >= 0.3 is 29.8 Å². The van der Waals surface area contributed by atoms with Gasteiger partial charge < -0.3 is 28.4 Å². The number of carbonyl (C=O) groups excluding carboxylic acids is 5. The zero-order chi connectivity index (χ0) is 22.3. The van der Waals surface area contributed by atoms with E-state index >= 15 is 0 Å². The molecule has 0 aromatic heterocycles. The Hall–Kier alpha value is -1.96. The number of halogens is 1. The Labute approximate surface area is 180 Å². The zero-order valence-corrected chi connectivity index (χ0v) is 18.7. The summed E-state index contributed by atoms with van der Waals surface area (Å²) in [4.78, 5) is 58.0. The van der Waals surface area contributed by atoms with E-state index in [1.807, 2.05) is 22.6 Å². The number of rotatable bonds is 7. The van der Waals surface area contributed by atoms with Crippen LogP contribution in [-0.4, -0.2) is 71.1 Å². The van der Waals surface area contributed by atoms with Crippen LogP contribution in [0.2, 0.25) is 0 Å². The third-order valence-electron chi connectivity index (χ3n) is 3.56. The second-order valence-electron chi connectivity index (χ2n) is 6.10. The molecule has 12 heteroatoms. The Morgan fingerprint density at radius 2 is 1.17 bits per heavy atom. The maximum atomic E-state index is 11.7. The largest absolute Gasteiger partial charge is 0.459 e. The Bertz CT molecular complexity index is 649. The van der Waals surface area contributed by atoms with Crippen molar-refractivity contribution in [1.29, 1.82) is 0 Å². The van der Waals surface area contributed by atoms with Crippen molar-refractivity contribution in [2.45, 2.75) is 71.4 Å². The molecule has 1 heterocycles. The highest BCUT2D eigenvalue weighted by Gasteiger charge is 2.55. The van der Waals surface area contributed by atoms with E-state index in [4.69, 9.17) is 28.4 Å². The van der Waals surface area contributed by atoms with E-state index in [-0.39, 0.29) is 4.43 Å². The smallest absolute Gasteiger partial charge is 0.305 e. The molecule has 0 saturated carbocycles. The van der Waals surface area contributed by atoms with Gasteiger partial charge in [-0.05, 0) is 0 Å². The van der Waals surface area contributed by atoms with Crippen LogP contribution >= 0.6 is 22.6 Å². The zero-order valence-electron chi connectivity index (χ0n) is 16.5. The van der Waals surface area contributed by atoms with Gasteiger partial charge in [0.25, 0.3) is 0 Å². The number of esters is 5. The van der Waals surface area contributed by atoms with E-state index in [2.05, 4.69) is 0 Å². The average molecular weight is 530 g/mol. The third-order valence-corrected chi connectivity index (χ3v) is 4.42. The monoisotopic (exact) mass is 530 g/mol. The third kappa shape index (κ3) is 7.76. The number of carbonyl (C=O) groups is 5. The van der Waals surface area contributed by atoms with Crippen LogP contribution in [0, 0.1) is 0 Å². The summed E-state index contributed by atoms with van der Waals surface area (Å²) in [6.07, 6.45) is -7.75. The molecule has 0 amide bonds. The number of alkyl halides is 1. The summed E-state index contributed by atoms with van der Waals surface area (Å²) in [6, 6.07) is 0. The first-order chi connectivity index (χ1) is 13.5. The standard InChI is InChI=1S/C17H23IO11/c1-7(19)24-12(6-18)13-14(25-8(2)20)15(26-9(3)21)16(27-10(4)22)17(29-13)28-11(5)23/h12-17H,6H2,1-5H3/t12-,13+,14+,15-,16+,17+/m0/s1. The lowest BCUT2D eigenvalue weighted by atomic mass is 9.94. The van der Waals surface area contributed by atoms with Crippen LogP contribution in [0.5, 0.6) is 0 Å². The first-order valence-corrected chi connectivity index (χ1v) is 10.1. The van der Waals surface area contributed by atoms with Crippen LogP contribution in [-0.2, 0) is 52.4 Å². The van der Waals surface area contributed by atoms with Crippen molar-refractivity contribution in [1.82, 2.24) is 0 Å². The first-order valence-electron chi connectivity index (χ1n) is 8.53. The molecule has 0 aromatic rings. The normalized spacial score (nSPS) is 27.2. The Kier molecular flexibility index (Phi) is 9.76. The molecule has 0 aromatic carbocycles. The second kappa shape index (κ2) is 11.3. The van der Waals surface area contributed by atoms with Gasteiger partial charge in [-0.3, -0.25) is 24.0 Å².